The average Bonchev–Trinajstić information content (AvgIpc) is 2.57. The molecule has 2 heterocycles. The molecular weight excluding hydrogens is 264 g/mol. The maximum atomic E-state index is 11.8. The molecule has 0 saturated carbocycles. The van der Waals surface area contributed by atoms with Crippen LogP contribution >= 0.6 is 27.3 Å². The number of piperidine rings is 1. The van der Waals surface area contributed by atoms with Crippen LogP contribution in [0.1, 0.15) is 18.5 Å². The van der Waals surface area contributed by atoms with E-state index in [-0.39, 0.29) is 10.7 Å². The molecule has 0 aromatic carbocycles. The van der Waals surface area contributed by atoms with E-state index in [1.54, 1.807) is 4.90 Å². The van der Waals surface area contributed by atoms with Gasteiger partial charge in [0.1, 0.15) is 0 Å². The second kappa shape index (κ2) is 3.98. The van der Waals surface area contributed by atoms with Crippen LogP contribution in [0.4, 0.5) is 5.13 Å². The van der Waals surface area contributed by atoms with Crippen molar-refractivity contribution in [3.63, 3.8) is 0 Å². The minimum absolute atomic E-state index is 0.0274. The first-order chi connectivity index (χ1) is 6.68. The molecule has 0 radical (unpaired) electrons. The normalized spacial score (nSPS) is 22.9. The molecule has 0 aliphatic carbocycles. The zero-order chi connectivity index (χ0) is 10.1. The maximum absolute atomic E-state index is 11.8. The van der Waals surface area contributed by atoms with Crippen LogP contribution in [-0.4, -0.2) is 22.3 Å². The fraction of sp³-hybridized carbons (Fsp3) is 0.556. The molecular formula is C9H11BrN2OS. The van der Waals surface area contributed by atoms with Crippen LogP contribution in [0.15, 0.2) is 5.38 Å². The predicted molar refractivity (Wildman–Crippen MR) is 61.2 cm³/mol. The van der Waals surface area contributed by atoms with Crippen molar-refractivity contribution in [1.82, 2.24) is 4.98 Å². The maximum Gasteiger partial charge on any atom is 0.242 e. The Bertz CT molecular complexity index is 352. The topological polar surface area (TPSA) is 33.2 Å². The molecule has 1 saturated heterocycles. The number of amides is 1. The van der Waals surface area contributed by atoms with Crippen molar-refractivity contribution < 1.29 is 4.79 Å². The summed E-state index contributed by atoms with van der Waals surface area (Å²) in [5, 5.41) is 2.80. The van der Waals surface area contributed by atoms with Crippen LogP contribution < -0.4 is 4.90 Å². The molecule has 0 bridgehead atoms. The Balaban J connectivity index is 2.21. The van der Waals surface area contributed by atoms with E-state index in [4.69, 9.17) is 0 Å². The van der Waals surface area contributed by atoms with Gasteiger partial charge in [0.15, 0.2) is 5.13 Å². The summed E-state index contributed by atoms with van der Waals surface area (Å²) in [6.07, 6.45) is 1.97. The van der Waals surface area contributed by atoms with Crippen LogP contribution in [0.5, 0.6) is 0 Å². The Hall–Kier alpha value is -0.420. The molecule has 1 amide bonds. The zero-order valence-corrected chi connectivity index (χ0v) is 10.3. The summed E-state index contributed by atoms with van der Waals surface area (Å²) in [4.78, 5) is 17.9. The molecule has 1 aliphatic heterocycles. The smallest absolute Gasteiger partial charge is 0.242 e. The van der Waals surface area contributed by atoms with Crippen LogP contribution in [0.2, 0.25) is 0 Å². The highest BCUT2D eigenvalue weighted by molar-refractivity contribution is 9.10. The lowest BCUT2D eigenvalue weighted by molar-refractivity contribution is -0.118. The zero-order valence-electron chi connectivity index (χ0n) is 7.86. The summed E-state index contributed by atoms with van der Waals surface area (Å²) < 4.78 is 0. The lowest BCUT2D eigenvalue weighted by atomic mass is 10.1. The van der Waals surface area contributed by atoms with Crippen molar-refractivity contribution in [2.24, 2.45) is 0 Å². The van der Waals surface area contributed by atoms with Crippen molar-refractivity contribution in [2.45, 2.75) is 24.6 Å². The molecule has 1 fully saturated rings. The van der Waals surface area contributed by atoms with Crippen molar-refractivity contribution in [2.75, 3.05) is 11.4 Å². The third-order valence-electron chi connectivity index (χ3n) is 2.21. The number of aromatic nitrogens is 1. The van der Waals surface area contributed by atoms with Gasteiger partial charge < -0.3 is 0 Å². The van der Waals surface area contributed by atoms with E-state index >= 15 is 0 Å². The van der Waals surface area contributed by atoms with Crippen molar-refractivity contribution in [1.29, 1.82) is 0 Å². The first-order valence-electron chi connectivity index (χ1n) is 4.56. The van der Waals surface area contributed by atoms with E-state index in [0.717, 1.165) is 30.2 Å². The Labute approximate surface area is 95.3 Å². The number of thiazole rings is 1. The molecule has 1 atom stereocenters. The van der Waals surface area contributed by atoms with Gasteiger partial charge in [-0.05, 0) is 19.8 Å². The second-order valence-corrected chi connectivity index (χ2v) is 5.31. The predicted octanol–water partition coefficient (Wildman–Crippen LogP) is 2.34. The Morgan fingerprint density at radius 1 is 1.71 bits per heavy atom. The van der Waals surface area contributed by atoms with Gasteiger partial charge in [0.05, 0.1) is 10.5 Å². The molecule has 5 heteroatoms. The molecule has 0 spiro atoms. The highest BCUT2D eigenvalue weighted by atomic mass is 79.9. The van der Waals surface area contributed by atoms with Crippen molar-refractivity contribution in [3.05, 3.63) is 11.1 Å². The minimum atomic E-state index is -0.0274. The molecule has 14 heavy (non-hydrogen) atoms. The fourth-order valence-corrected chi connectivity index (χ4v) is 2.89. The van der Waals surface area contributed by atoms with Crippen molar-refractivity contribution >= 4 is 38.3 Å². The summed E-state index contributed by atoms with van der Waals surface area (Å²) in [5.74, 6) is 0.144. The number of aryl methyl sites for hydroxylation is 1. The lowest BCUT2D eigenvalue weighted by Crippen LogP contribution is -2.41. The van der Waals surface area contributed by atoms with Gasteiger partial charge in [-0.3, -0.25) is 9.69 Å². The third kappa shape index (κ3) is 1.83. The van der Waals surface area contributed by atoms with Crippen LogP contribution in [0, 0.1) is 6.92 Å². The standard InChI is InChI=1S/C9H11BrN2OS/c1-6-5-14-9(11-6)12-4-2-3-7(10)8(12)13/h5,7H,2-4H2,1H3. The summed E-state index contributed by atoms with van der Waals surface area (Å²) >= 11 is 4.92. The highest BCUT2D eigenvalue weighted by Gasteiger charge is 2.28. The van der Waals surface area contributed by atoms with Gasteiger partial charge in [-0.1, -0.05) is 15.9 Å². The van der Waals surface area contributed by atoms with Gasteiger partial charge >= 0.3 is 0 Å². The number of halogens is 1. The van der Waals surface area contributed by atoms with Crippen molar-refractivity contribution in [3.8, 4) is 0 Å². The third-order valence-corrected chi connectivity index (χ3v) is 4.04. The molecule has 0 N–H and O–H groups in total. The number of carbonyl (C=O) groups excluding carboxylic acids is 1. The van der Waals surface area contributed by atoms with Gasteiger partial charge in [0.2, 0.25) is 5.91 Å². The monoisotopic (exact) mass is 274 g/mol. The Morgan fingerprint density at radius 3 is 3.14 bits per heavy atom. The molecule has 1 aliphatic rings. The fourth-order valence-electron chi connectivity index (χ4n) is 1.49. The molecule has 1 aromatic rings. The van der Waals surface area contributed by atoms with Crippen LogP contribution in [0.3, 0.4) is 0 Å². The number of rotatable bonds is 1. The van der Waals surface area contributed by atoms with Gasteiger partial charge in [0, 0.05) is 11.9 Å². The molecule has 2 rings (SSSR count). The number of anilines is 1. The van der Waals surface area contributed by atoms with E-state index in [9.17, 15) is 4.79 Å². The lowest BCUT2D eigenvalue weighted by Gasteiger charge is -2.27. The summed E-state index contributed by atoms with van der Waals surface area (Å²) in [6.45, 7) is 2.74. The molecule has 76 valence electrons. The summed E-state index contributed by atoms with van der Waals surface area (Å²) in [7, 11) is 0. The number of alkyl halides is 1. The van der Waals surface area contributed by atoms with E-state index < -0.39 is 0 Å². The Morgan fingerprint density at radius 2 is 2.50 bits per heavy atom. The number of nitrogens with zero attached hydrogens (tertiary/aromatic N) is 2. The van der Waals surface area contributed by atoms with Gasteiger partial charge in [0.25, 0.3) is 0 Å². The first-order valence-corrected chi connectivity index (χ1v) is 6.35. The van der Waals surface area contributed by atoms with E-state index in [1.165, 1.54) is 11.3 Å². The minimum Gasteiger partial charge on any atom is -0.287 e. The second-order valence-electron chi connectivity index (χ2n) is 3.37. The summed E-state index contributed by atoms with van der Waals surface area (Å²) in [5.41, 5.74) is 0.981. The quantitative estimate of drug-likeness (QED) is 0.737. The molecule has 3 nitrogen and oxygen atoms in total. The van der Waals surface area contributed by atoms with E-state index in [2.05, 4.69) is 20.9 Å². The van der Waals surface area contributed by atoms with E-state index in [0.29, 0.717) is 0 Å². The van der Waals surface area contributed by atoms with Gasteiger partial charge in [-0.25, -0.2) is 4.98 Å². The van der Waals surface area contributed by atoms with Crippen LogP contribution in [0.25, 0.3) is 0 Å². The number of hydrogen-bond acceptors (Lipinski definition) is 3. The Kier molecular flexibility index (Phi) is 2.88. The number of carbonyl (C=O) groups is 1. The summed E-state index contributed by atoms with van der Waals surface area (Å²) in [6, 6.07) is 0. The first kappa shape index (κ1) is 10.1. The SMILES string of the molecule is Cc1csc(N2CCCC(Br)C2=O)n1. The van der Waals surface area contributed by atoms with Gasteiger partial charge in [-0.15, -0.1) is 11.3 Å². The largest absolute Gasteiger partial charge is 0.287 e. The molecule has 1 unspecified atom stereocenters. The highest BCUT2D eigenvalue weighted by Crippen LogP contribution is 2.27. The van der Waals surface area contributed by atoms with Gasteiger partial charge in [-0.2, -0.15) is 0 Å². The van der Waals surface area contributed by atoms with E-state index in [1.807, 2.05) is 12.3 Å². The number of hydrogen-bond donors (Lipinski definition) is 0. The van der Waals surface area contributed by atoms with Crippen LogP contribution in [-0.2, 0) is 4.79 Å². The average molecular weight is 275 g/mol. The molecule has 1 aromatic heterocycles.